The highest BCUT2D eigenvalue weighted by atomic mass is 16.2. The van der Waals surface area contributed by atoms with E-state index < -0.39 is 11.2 Å². The summed E-state index contributed by atoms with van der Waals surface area (Å²) >= 11 is 0. The third kappa shape index (κ3) is 2.52. The lowest BCUT2D eigenvalue weighted by Gasteiger charge is -2.15. The van der Waals surface area contributed by atoms with Crippen LogP contribution in [0.1, 0.15) is 24.0 Å². The van der Waals surface area contributed by atoms with Crippen molar-refractivity contribution in [1.29, 1.82) is 0 Å². The van der Waals surface area contributed by atoms with Crippen molar-refractivity contribution >= 4 is 17.0 Å². The van der Waals surface area contributed by atoms with Crippen molar-refractivity contribution in [2.75, 3.05) is 18.0 Å². The zero-order valence-corrected chi connectivity index (χ0v) is 14.2. The standard InChI is InChI=1S/C18H19N5O2/c1-11-6-5-7-14(12(11)2)23-16(24)13-10-19-17(22-8-3-4-9-22)20-15(13)21-18(23)25/h5-7,10H,3-4,8-9H2,1-2H3,(H,19,20,21,25). The molecule has 1 N–H and O–H groups in total. The fourth-order valence-electron chi connectivity index (χ4n) is 3.26. The predicted octanol–water partition coefficient (Wildman–Crippen LogP) is 1.69. The minimum atomic E-state index is -0.489. The van der Waals surface area contributed by atoms with Gasteiger partial charge in [0.05, 0.1) is 5.69 Å². The number of fused-ring (bicyclic) bond motifs is 1. The molecule has 1 aliphatic rings. The van der Waals surface area contributed by atoms with E-state index >= 15 is 0 Å². The van der Waals surface area contributed by atoms with Gasteiger partial charge in [-0.3, -0.25) is 9.78 Å². The zero-order valence-electron chi connectivity index (χ0n) is 14.2. The van der Waals surface area contributed by atoms with E-state index in [4.69, 9.17) is 0 Å². The number of hydrogen-bond acceptors (Lipinski definition) is 5. The van der Waals surface area contributed by atoms with E-state index in [-0.39, 0.29) is 5.65 Å². The molecule has 7 heteroatoms. The number of H-pyrrole nitrogens is 1. The maximum absolute atomic E-state index is 12.9. The lowest BCUT2D eigenvalue weighted by atomic mass is 10.1. The van der Waals surface area contributed by atoms with Gasteiger partial charge in [-0.1, -0.05) is 12.1 Å². The number of nitrogens with zero attached hydrogens (tertiary/aromatic N) is 4. The highest BCUT2D eigenvalue weighted by Gasteiger charge is 2.18. The van der Waals surface area contributed by atoms with Gasteiger partial charge < -0.3 is 4.90 Å². The summed E-state index contributed by atoms with van der Waals surface area (Å²) in [6.07, 6.45) is 3.72. The third-order valence-corrected chi connectivity index (χ3v) is 4.84. The number of aryl methyl sites for hydroxylation is 1. The number of nitrogens with one attached hydrogen (secondary N) is 1. The van der Waals surface area contributed by atoms with Crippen molar-refractivity contribution in [3.05, 3.63) is 56.4 Å². The normalized spacial score (nSPS) is 14.4. The van der Waals surface area contributed by atoms with Crippen LogP contribution in [0.5, 0.6) is 0 Å². The molecule has 1 saturated heterocycles. The monoisotopic (exact) mass is 337 g/mol. The van der Waals surface area contributed by atoms with Crippen LogP contribution < -0.4 is 16.1 Å². The molecule has 0 spiro atoms. The Kier molecular flexibility index (Phi) is 3.63. The maximum Gasteiger partial charge on any atom is 0.334 e. The molecule has 4 rings (SSSR count). The molecule has 25 heavy (non-hydrogen) atoms. The number of rotatable bonds is 2. The van der Waals surface area contributed by atoms with Crippen LogP contribution in [0.3, 0.4) is 0 Å². The van der Waals surface area contributed by atoms with Crippen LogP contribution in [0.25, 0.3) is 16.7 Å². The van der Waals surface area contributed by atoms with Crippen molar-refractivity contribution in [1.82, 2.24) is 19.5 Å². The SMILES string of the molecule is Cc1cccc(-n2c(=O)[nH]c3nc(N4CCCC4)ncc3c2=O)c1C. The molecule has 0 unspecified atom stereocenters. The molecule has 1 aromatic carbocycles. The van der Waals surface area contributed by atoms with E-state index in [1.54, 1.807) is 6.07 Å². The first-order chi connectivity index (χ1) is 12.1. The predicted molar refractivity (Wildman–Crippen MR) is 96.7 cm³/mol. The average molecular weight is 337 g/mol. The van der Waals surface area contributed by atoms with E-state index in [2.05, 4.69) is 19.9 Å². The summed E-state index contributed by atoms with van der Waals surface area (Å²) in [6.45, 7) is 5.64. The van der Waals surface area contributed by atoms with Crippen LogP contribution in [0.2, 0.25) is 0 Å². The second-order valence-corrected chi connectivity index (χ2v) is 6.42. The Morgan fingerprint density at radius 2 is 1.88 bits per heavy atom. The lowest BCUT2D eigenvalue weighted by molar-refractivity contribution is 0.868. The van der Waals surface area contributed by atoms with E-state index in [0.717, 1.165) is 41.6 Å². The molecule has 0 amide bonds. The summed E-state index contributed by atoms with van der Waals surface area (Å²) in [7, 11) is 0. The zero-order chi connectivity index (χ0) is 17.6. The highest BCUT2D eigenvalue weighted by molar-refractivity contribution is 5.74. The van der Waals surface area contributed by atoms with Gasteiger partial charge in [-0.05, 0) is 43.9 Å². The first kappa shape index (κ1) is 15.6. The third-order valence-electron chi connectivity index (χ3n) is 4.84. The number of benzene rings is 1. The Hall–Kier alpha value is -2.96. The summed E-state index contributed by atoms with van der Waals surface area (Å²) in [5, 5.41) is 0.309. The molecule has 1 aliphatic heterocycles. The molecule has 0 aliphatic carbocycles. The minimum Gasteiger partial charge on any atom is -0.341 e. The molecule has 7 nitrogen and oxygen atoms in total. The van der Waals surface area contributed by atoms with Crippen molar-refractivity contribution in [2.24, 2.45) is 0 Å². The van der Waals surface area contributed by atoms with Gasteiger partial charge >= 0.3 is 5.69 Å². The molecule has 0 radical (unpaired) electrons. The molecule has 3 heterocycles. The van der Waals surface area contributed by atoms with Crippen molar-refractivity contribution in [3.63, 3.8) is 0 Å². The number of aromatic nitrogens is 4. The Morgan fingerprint density at radius 3 is 2.64 bits per heavy atom. The van der Waals surface area contributed by atoms with Crippen LogP contribution in [-0.4, -0.2) is 32.6 Å². The second-order valence-electron chi connectivity index (χ2n) is 6.42. The Labute approximate surface area is 144 Å². The molecule has 0 saturated carbocycles. The van der Waals surface area contributed by atoms with Crippen molar-refractivity contribution < 1.29 is 0 Å². The highest BCUT2D eigenvalue weighted by Crippen LogP contribution is 2.18. The first-order valence-electron chi connectivity index (χ1n) is 8.40. The summed E-state index contributed by atoms with van der Waals surface area (Å²) in [5.74, 6) is 0.560. The maximum atomic E-state index is 12.9. The molecule has 0 atom stereocenters. The molecule has 2 aromatic heterocycles. The van der Waals surface area contributed by atoms with Crippen molar-refractivity contribution in [2.45, 2.75) is 26.7 Å². The first-order valence-corrected chi connectivity index (χ1v) is 8.40. The van der Waals surface area contributed by atoms with Gasteiger partial charge in [0.25, 0.3) is 5.56 Å². The van der Waals surface area contributed by atoms with Crippen LogP contribution in [0.4, 0.5) is 5.95 Å². The summed E-state index contributed by atoms with van der Waals surface area (Å²) in [5.41, 5.74) is 1.89. The molecular weight excluding hydrogens is 318 g/mol. The minimum absolute atomic E-state index is 0.286. The Morgan fingerprint density at radius 1 is 1.12 bits per heavy atom. The van der Waals surface area contributed by atoms with Gasteiger partial charge in [0.2, 0.25) is 5.95 Å². The molecular formula is C18H19N5O2. The van der Waals surface area contributed by atoms with Crippen LogP contribution in [0, 0.1) is 13.8 Å². The van der Waals surface area contributed by atoms with Crippen LogP contribution >= 0.6 is 0 Å². The largest absolute Gasteiger partial charge is 0.341 e. The topological polar surface area (TPSA) is 83.9 Å². The fourth-order valence-corrected chi connectivity index (χ4v) is 3.26. The van der Waals surface area contributed by atoms with E-state index in [9.17, 15) is 9.59 Å². The second kappa shape index (κ2) is 5.84. The number of anilines is 1. The molecule has 128 valence electrons. The van der Waals surface area contributed by atoms with E-state index in [1.807, 2.05) is 26.0 Å². The summed E-state index contributed by atoms with van der Waals surface area (Å²) in [4.78, 5) is 39.0. The van der Waals surface area contributed by atoms with Gasteiger partial charge in [0.15, 0.2) is 5.65 Å². The van der Waals surface area contributed by atoms with Crippen molar-refractivity contribution in [3.8, 4) is 5.69 Å². The van der Waals surface area contributed by atoms with Gasteiger partial charge in [-0.25, -0.2) is 14.3 Å². The van der Waals surface area contributed by atoms with Gasteiger partial charge in [-0.15, -0.1) is 0 Å². The van der Waals surface area contributed by atoms with Crippen LogP contribution in [-0.2, 0) is 0 Å². The number of aromatic amines is 1. The average Bonchev–Trinajstić information content (AvgIpc) is 3.12. The van der Waals surface area contributed by atoms with Gasteiger partial charge in [-0.2, -0.15) is 4.98 Å². The number of hydrogen-bond donors (Lipinski definition) is 1. The Balaban J connectivity index is 1.93. The van der Waals surface area contributed by atoms with Gasteiger partial charge in [0.1, 0.15) is 5.39 Å². The Bertz CT molecular complexity index is 1080. The van der Waals surface area contributed by atoms with E-state index in [1.165, 1.54) is 6.20 Å². The molecule has 1 fully saturated rings. The van der Waals surface area contributed by atoms with E-state index in [0.29, 0.717) is 17.0 Å². The molecule has 0 bridgehead atoms. The summed E-state index contributed by atoms with van der Waals surface area (Å²) < 4.78 is 1.16. The van der Waals surface area contributed by atoms with Crippen LogP contribution in [0.15, 0.2) is 34.0 Å². The summed E-state index contributed by atoms with van der Waals surface area (Å²) in [6, 6.07) is 5.55. The molecule has 3 aromatic rings. The van der Waals surface area contributed by atoms with Gasteiger partial charge in [0, 0.05) is 19.3 Å². The smallest absolute Gasteiger partial charge is 0.334 e. The quantitative estimate of drug-likeness (QED) is 0.769. The fraction of sp³-hybridized carbons (Fsp3) is 0.333. The lowest BCUT2D eigenvalue weighted by Crippen LogP contribution is -2.35.